The number of aromatic nitrogens is 1. The maximum atomic E-state index is 5.04. The van der Waals surface area contributed by atoms with Crippen LogP contribution < -0.4 is 14.8 Å². The monoisotopic (exact) mass is 481 g/mol. The van der Waals surface area contributed by atoms with Crippen LogP contribution in [0.25, 0.3) is 5.57 Å². The van der Waals surface area contributed by atoms with Crippen LogP contribution in [-0.2, 0) is 0 Å². The predicted molar refractivity (Wildman–Crippen MR) is 155 cm³/mol. The number of anilines is 3. The van der Waals surface area contributed by atoms with Crippen molar-refractivity contribution in [3.05, 3.63) is 90.1 Å². The lowest BCUT2D eigenvalue weighted by Gasteiger charge is -2.25. The highest BCUT2D eigenvalue weighted by Crippen LogP contribution is 2.36. The molecule has 0 saturated heterocycles. The molecule has 0 N–H and O–H groups in total. The number of hydrogen-bond donors (Lipinski definition) is 0. The van der Waals surface area contributed by atoms with Gasteiger partial charge in [-0.2, -0.15) is 5.10 Å². The molecule has 1 unspecified atom stereocenters. The maximum absolute atomic E-state index is 5.04. The van der Waals surface area contributed by atoms with E-state index in [0.717, 1.165) is 44.1 Å². The van der Waals surface area contributed by atoms with Crippen molar-refractivity contribution in [2.75, 3.05) is 41.0 Å². The van der Waals surface area contributed by atoms with Crippen molar-refractivity contribution in [1.82, 2.24) is 4.98 Å². The van der Waals surface area contributed by atoms with Crippen LogP contribution in [0, 0.1) is 0 Å². The lowest BCUT2D eigenvalue weighted by atomic mass is 9.99. The van der Waals surface area contributed by atoms with Crippen LogP contribution in [0.4, 0.5) is 17.2 Å². The zero-order chi connectivity index (χ0) is 25.5. The molecule has 0 amide bonds. The molecule has 0 bridgehead atoms. The highest BCUT2D eigenvalue weighted by Gasteiger charge is 2.29. The summed E-state index contributed by atoms with van der Waals surface area (Å²) in [7, 11) is 0. The second-order valence-corrected chi connectivity index (χ2v) is 9.15. The van der Waals surface area contributed by atoms with Gasteiger partial charge in [-0.1, -0.05) is 30.3 Å². The summed E-state index contributed by atoms with van der Waals surface area (Å²) in [5.41, 5.74) is 7.30. The molecule has 1 atom stereocenters. The molecule has 0 saturated carbocycles. The van der Waals surface area contributed by atoms with Crippen molar-refractivity contribution >= 4 is 28.5 Å². The van der Waals surface area contributed by atoms with Gasteiger partial charge in [0.2, 0.25) is 0 Å². The van der Waals surface area contributed by atoms with E-state index in [0.29, 0.717) is 0 Å². The van der Waals surface area contributed by atoms with Gasteiger partial charge in [0.25, 0.3) is 0 Å². The summed E-state index contributed by atoms with van der Waals surface area (Å²) in [5, 5.41) is 7.11. The third kappa shape index (κ3) is 5.62. The molecule has 1 aliphatic rings. The van der Waals surface area contributed by atoms with Crippen molar-refractivity contribution in [2.24, 2.45) is 5.10 Å². The van der Waals surface area contributed by atoms with Crippen molar-refractivity contribution < 1.29 is 0 Å². The average Bonchev–Trinajstić information content (AvgIpc) is 3.35. The van der Waals surface area contributed by atoms with E-state index in [1.165, 1.54) is 28.1 Å². The Hall–Kier alpha value is -3.60. The first-order valence-corrected chi connectivity index (χ1v) is 13.2. The number of benzene rings is 2. The van der Waals surface area contributed by atoms with Crippen molar-refractivity contribution in [3.8, 4) is 0 Å². The highest BCUT2D eigenvalue weighted by atomic mass is 15.5. The zero-order valence-corrected chi connectivity index (χ0v) is 22.4. The third-order valence-electron chi connectivity index (χ3n) is 7.06. The zero-order valence-electron chi connectivity index (χ0n) is 22.4. The quantitative estimate of drug-likeness (QED) is 0.307. The first-order chi connectivity index (χ1) is 17.6. The molecule has 36 heavy (non-hydrogen) atoms. The van der Waals surface area contributed by atoms with E-state index in [-0.39, 0.29) is 6.04 Å². The summed E-state index contributed by atoms with van der Waals surface area (Å²) in [6, 6.07) is 24.0. The topological polar surface area (TPSA) is 35.0 Å². The fourth-order valence-corrected chi connectivity index (χ4v) is 4.93. The molecule has 3 aromatic rings. The van der Waals surface area contributed by atoms with Gasteiger partial charge in [-0.25, -0.2) is 9.99 Å². The Morgan fingerprint density at radius 2 is 1.42 bits per heavy atom. The number of pyridine rings is 1. The molecular weight excluding hydrogens is 442 g/mol. The number of nitrogens with zero attached hydrogens (tertiary/aromatic N) is 5. The lowest BCUT2D eigenvalue weighted by Crippen LogP contribution is -2.22. The molecule has 4 rings (SSSR count). The van der Waals surface area contributed by atoms with Crippen LogP contribution in [0.1, 0.15) is 58.2 Å². The van der Waals surface area contributed by atoms with E-state index < -0.39 is 0 Å². The van der Waals surface area contributed by atoms with Gasteiger partial charge in [-0.15, -0.1) is 0 Å². The largest absolute Gasteiger partial charge is 0.372 e. The summed E-state index contributed by atoms with van der Waals surface area (Å²) in [4.78, 5) is 9.34. The van der Waals surface area contributed by atoms with Crippen LogP contribution in [0.3, 0.4) is 0 Å². The minimum atomic E-state index is 0.120. The standard InChI is InChI=1S/C31H39N5/c1-6-34(7-2)28-17-13-25(14-18-28)24(5)22-27-23-30(36(33-27)31-12-10-11-21-32-31)26-15-19-29(20-16-26)35(8-3)9-4/h10-22,30H,6-9,23H2,1-5H3. The minimum absolute atomic E-state index is 0.120. The van der Waals surface area contributed by atoms with Gasteiger partial charge in [-0.05, 0) is 93.8 Å². The van der Waals surface area contributed by atoms with E-state index in [1.807, 2.05) is 24.4 Å². The second kappa shape index (κ2) is 11.9. The predicted octanol–water partition coefficient (Wildman–Crippen LogP) is 7.18. The van der Waals surface area contributed by atoms with E-state index in [1.54, 1.807) is 0 Å². The minimum Gasteiger partial charge on any atom is -0.372 e. The SMILES string of the molecule is CCN(CC)c1ccc(C(C)=CC2=NN(c3ccccn3)C(c3ccc(N(CC)CC)cc3)C2)cc1. The molecule has 2 heterocycles. The summed E-state index contributed by atoms with van der Waals surface area (Å²) in [6.45, 7) is 15.0. The van der Waals surface area contributed by atoms with Crippen LogP contribution in [0.2, 0.25) is 0 Å². The van der Waals surface area contributed by atoms with E-state index >= 15 is 0 Å². The molecule has 5 nitrogen and oxygen atoms in total. The number of rotatable bonds is 10. The molecule has 0 fully saturated rings. The Balaban J connectivity index is 1.60. The van der Waals surface area contributed by atoms with Gasteiger partial charge in [-0.3, -0.25) is 0 Å². The van der Waals surface area contributed by atoms with Crippen molar-refractivity contribution in [2.45, 2.75) is 47.1 Å². The van der Waals surface area contributed by atoms with Gasteiger partial charge >= 0.3 is 0 Å². The molecule has 5 heteroatoms. The van der Waals surface area contributed by atoms with Gasteiger partial charge < -0.3 is 9.80 Å². The summed E-state index contributed by atoms with van der Waals surface area (Å²) in [6.07, 6.45) is 4.91. The van der Waals surface area contributed by atoms with E-state index in [2.05, 4.69) is 109 Å². The smallest absolute Gasteiger partial charge is 0.149 e. The first kappa shape index (κ1) is 25.5. The fourth-order valence-electron chi connectivity index (χ4n) is 4.93. The van der Waals surface area contributed by atoms with Crippen LogP contribution in [0.5, 0.6) is 0 Å². The van der Waals surface area contributed by atoms with Gasteiger partial charge in [0.1, 0.15) is 5.82 Å². The first-order valence-electron chi connectivity index (χ1n) is 13.2. The molecule has 2 aromatic carbocycles. The second-order valence-electron chi connectivity index (χ2n) is 9.15. The Morgan fingerprint density at radius 3 is 1.94 bits per heavy atom. The molecule has 1 aliphatic heterocycles. The average molecular weight is 482 g/mol. The van der Waals surface area contributed by atoms with Gasteiger partial charge in [0, 0.05) is 50.2 Å². The Labute approximate surface area is 216 Å². The van der Waals surface area contributed by atoms with Gasteiger partial charge in [0.15, 0.2) is 0 Å². The normalized spacial score (nSPS) is 15.7. The van der Waals surface area contributed by atoms with Crippen molar-refractivity contribution in [3.63, 3.8) is 0 Å². The van der Waals surface area contributed by atoms with E-state index in [4.69, 9.17) is 5.10 Å². The van der Waals surface area contributed by atoms with Crippen LogP contribution in [-0.4, -0.2) is 36.9 Å². The Kier molecular flexibility index (Phi) is 8.42. The molecule has 188 valence electrons. The molecule has 0 spiro atoms. The third-order valence-corrected chi connectivity index (χ3v) is 7.06. The highest BCUT2D eigenvalue weighted by molar-refractivity contribution is 6.03. The summed E-state index contributed by atoms with van der Waals surface area (Å²) in [5.74, 6) is 0.875. The van der Waals surface area contributed by atoms with Crippen molar-refractivity contribution in [1.29, 1.82) is 0 Å². The summed E-state index contributed by atoms with van der Waals surface area (Å²) < 4.78 is 0. The molecule has 0 aliphatic carbocycles. The van der Waals surface area contributed by atoms with Crippen LogP contribution in [0.15, 0.2) is 84.1 Å². The number of hydrazone groups is 1. The molecule has 1 aromatic heterocycles. The summed E-state index contributed by atoms with van der Waals surface area (Å²) >= 11 is 0. The Bertz CT molecular complexity index is 1160. The molecule has 0 radical (unpaired) electrons. The van der Waals surface area contributed by atoms with Crippen LogP contribution >= 0.6 is 0 Å². The maximum Gasteiger partial charge on any atom is 0.149 e. The fraction of sp³-hybridized carbons (Fsp3) is 0.355. The molecular formula is C31H39N5. The van der Waals surface area contributed by atoms with E-state index in [9.17, 15) is 0 Å². The van der Waals surface area contributed by atoms with Gasteiger partial charge in [0.05, 0.1) is 11.8 Å². The lowest BCUT2D eigenvalue weighted by molar-refractivity contribution is 0.698. The number of allylic oxidation sites excluding steroid dienone is 2. The number of hydrogen-bond acceptors (Lipinski definition) is 5. The Morgan fingerprint density at radius 1 is 0.833 bits per heavy atom.